The Kier molecular flexibility index (Phi) is 5.87. The van der Waals surface area contributed by atoms with Crippen LogP contribution in [-0.2, 0) is 16.2 Å². The SMILES string of the molecule is CC(=O)c1ccc(C#N)cc1N1CCN(S(=O)(=O)c2cccc(C(F)(F)F)c2)CC1. The molecule has 1 saturated heterocycles. The molecule has 1 aliphatic rings. The number of hydrogen-bond acceptors (Lipinski definition) is 5. The second-order valence-electron chi connectivity index (χ2n) is 6.82. The fourth-order valence-corrected chi connectivity index (χ4v) is 4.78. The highest BCUT2D eigenvalue weighted by Crippen LogP contribution is 2.32. The minimum Gasteiger partial charge on any atom is -0.368 e. The Balaban J connectivity index is 1.83. The van der Waals surface area contributed by atoms with E-state index in [2.05, 4.69) is 0 Å². The third-order valence-corrected chi connectivity index (χ3v) is 6.78. The molecule has 6 nitrogen and oxygen atoms in total. The van der Waals surface area contributed by atoms with Crippen molar-refractivity contribution in [3.8, 4) is 6.07 Å². The molecule has 10 heteroatoms. The average molecular weight is 437 g/mol. The van der Waals surface area contributed by atoms with E-state index in [1.807, 2.05) is 6.07 Å². The van der Waals surface area contributed by atoms with Crippen molar-refractivity contribution < 1.29 is 26.4 Å². The van der Waals surface area contributed by atoms with Gasteiger partial charge in [-0.2, -0.15) is 22.7 Å². The molecule has 0 amide bonds. The van der Waals surface area contributed by atoms with Crippen molar-refractivity contribution >= 4 is 21.5 Å². The molecule has 30 heavy (non-hydrogen) atoms. The summed E-state index contributed by atoms with van der Waals surface area (Å²) < 4.78 is 65.6. The third kappa shape index (κ3) is 4.32. The Labute approximate surface area is 172 Å². The van der Waals surface area contributed by atoms with Crippen LogP contribution in [0.1, 0.15) is 28.4 Å². The molecule has 0 atom stereocenters. The van der Waals surface area contributed by atoms with Gasteiger partial charge in [-0.15, -0.1) is 0 Å². The van der Waals surface area contributed by atoms with E-state index in [0.717, 1.165) is 22.5 Å². The zero-order chi connectivity index (χ0) is 22.1. The summed E-state index contributed by atoms with van der Waals surface area (Å²) in [5, 5.41) is 9.12. The topological polar surface area (TPSA) is 81.5 Å². The first kappa shape index (κ1) is 21.8. The van der Waals surface area contributed by atoms with Gasteiger partial charge in [0.05, 0.1) is 22.1 Å². The van der Waals surface area contributed by atoms with Crippen LogP contribution >= 0.6 is 0 Å². The number of ketones is 1. The van der Waals surface area contributed by atoms with E-state index in [0.29, 0.717) is 22.9 Å². The molecule has 1 aliphatic heterocycles. The summed E-state index contributed by atoms with van der Waals surface area (Å²) in [5.41, 5.74) is 0.302. The van der Waals surface area contributed by atoms with Crippen LogP contribution in [0.4, 0.5) is 18.9 Å². The molecule has 0 spiro atoms. The van der Waals surface area contributed by atoms with Crippen LogP contribution in [0.15, 0.2) is 47.4 Å². The Morgan fingerprint density at radius 3 is 2.30 bits per heavy atom. The van der Waals surface area contributed by atoms with Crippen molar-refractivity contribution in [1.29, 1.82) is 5.26 Å². The summed E-state index contributed by atoms with van der Waals surface area (Å²) in [4.78, 5) is 13.3. The van der Waals surface area contributed by atoms with Crippen LogP contribution < -0.4 is 4.90 Å². The maximum Gasteiger partial charge on any atom is 0.416 e. The predicted molar refractivity (Wildman–Crippen MR) is 104 cm³/mol. The van der Waals surface area contributed by atoms with Crippen LogP contribution in [0.2, 0.25) is 0 Å². The lowest BCUT2D eigenvalue weighted by Crippen LogP contribution is -2.49. The molecule has 3 rings (SSSR count). The Hall–Kier alpha value is -2.90. The second kappa shape index (κ2) is 8.08. The number of nitriles is 1. The molecule has 2 aromatic carbocycles. The molecule has 0 aliphatic carbocycles. The van der Waals surface area contributed by atoms with Gasteiger partial charge in [0.15, 0.2) is 5.78 Å². The fraction of sp³-hybridized carbons (Fsp3) is 0.300. The smallest absolute Gasteiger partial charge is 0.368 e. The zero-order valence-corrected chi connectivity index (χ0v) is 16.8. The van der Waals surface area contributed by atoms with Crippen molar-refractivity contribution in [2.75, 3.05) is 31.1 Å². The summed E-state index contributed by atoms with van der Waals surface area (Å²) in [5.74, 6) is -0.187. The van der Waals surface area contributed by atoms with Gasteiger partial charge in [-0.1, -0.05) is 6.07 Å². The van der Waals surface area contributed by atoms with Crippen molar-refractivity contribution in [3.05, 3.63) is 59.2 Å². The van der Waals surface area contributed by atoms with Gasteiger partial charge >= 0.3 is 6.18 Å². The number of carbonyl (C=O) groups excluding carboxylic acids is 1. The number of piperazine rings is 1. The molecule has 0 aromatic heterocycles. The van der Waals surface area contributed by atoms with Gasteiger partial charge in [0, 0.05) is 37.4 Å². The number of halogens is 3. The minimum absolute atomic E-state index is 0.0344. The van der Waals surface area contributed by atoms with E-state index in [-0.39, 0.29) is 32.0 Å². The summed E-state index contributed by atoms with van der Waals surface area (Å²) in [7, 11) is -4.10. The highest BCUT2D eigenvalue weighted by atomic mass is 32.2. The highest BCUT2D eigenvalue weighted by Gasteiger charge is 2.34. The van der Waals surface area contributed by atoms with Gasteiger partial charge in [0.25, 0.3) is 0 Å². The van der Waals surface area contributed by atoms with E-state index >= 15 is 0 Å². The first-order chi connectivity index (χ1) is 14.0. The molecule has 0 saturated carbocycles. The second-order valence-corrected chi connectivity index (χ2v) is 8.75. The molecular weight excluding hydrogens is 419 g/mol. The number of sulfonamides is 1. The number of alkyl halides is 3. The Bertz CT molecular complexity index is 1120. The molecule has 0 radical (unpaired) electrons. The number of nitrogens with zero attached hydrogens (tertiary/aromatic N) is 3. The number of Topliss-reactive ketones (excluding diaryl/α,β-unsaturated/α-hetero) is 1. The average Bonchev–Trinajstić information content (AvgIpc) is 2.72. The van der Waals surface area contributed by atoms with Crippen molar-refractivity contribution in [3.63, 3.8) is 0 Å². The van der Waals surface area contributed by atoms with E-state index < -0.39 is 26.7 Å². The number of rotatable bonds is 4. The highest BCUT2D eigenvalue weighted by molar-refractivity contribution is 7.89. The van der Waals surface area contributed by atoms with Crippen molar-refractivity contribution in [2.45, 2.75) is 18.0 Å². The lowest BCUT2D eigenvalue weighted by atomic mass is 10.0. The van der Waals surface area contributed by atoms with E-state index in [1.165, 1.54) is 13.0 Å². The summed E-state index contributed by atoms with van der Waals surface area (Å²) in [6.45, 7) is 1.93. The molecule has 2 aromatic rings. The predicted octanol–water partition coefficient (Wildman–Crippen LogP) is 3.29. The van der Waals surface area contributed by atoms with Crippen LogP contribution in [-0.4, -0.2) is 44.7 Å². The number of hydrogen-bond donors (Lipinski definition) is 0. The van der Waals surface area contributed by atoms with Gasteiger partial charge in [-0.25, -0.2) is 8.42 Å². The van der Waals surface area contributed by atoms with Crippen LogP contribution in [0.5, 0.6) is 0 Å². The van der Waals surface area contributed by atoms with E-state index in [9.17, 15) is 26.4 Å². The molecule has 1 fully saturated rings. The zero-order valence-electron chi connectivity index (χ0n) is 16.0. The summed E-state index contributed by atoms with van der Waals surface area (Å²) in [6.07, 6.45) is -4.64. The Morgan fingerprint density at radius 2 is 1.73 bits per heavy atom. The normalized spacial score (nSPS) is 15.6. The number of benzene rings is 2. The molecular formula is C20H18F3N3O3S. The van der Waals surface area contributed by atoms with Gasteiger partial charge in [0.1, 0.15) is 0 Å². The number of anilines is 1. The van der Waals surface area contributed by atoms with Gasteiger partial charge in [0.2, 0.25) is 10.0 Å². The van der Waals surface area contributed by atoms with Crippen molar-refractivity contribution in [1.82, 2.24) is 4.31 Å². The monoisotopic (exact) mass is 437 g/mol. The fourth-order valence-electron chi connectivity index (χ4n) is 3.31. The van der Waals surface area contributed by atoms with Crippen molar-refractivity contribution in [2.24, 2.45) is 0 Å². The molecule has 1 heterocycles. The first-order valence-electron chi connectivity index (χ1n) is 9.01. The van der Waals surface area contributed by atoms with Crippen LogP contribution in [0.3, 0.4) is 0 Å². The number of carbonyl (C=O) groups is 1. The largest absolute Gasteiger partial charge is 0.416 e. The quantitative estimate of drug-likeness (QED) is 0.686. The minimum atomic E-state index is -4.64. The third-order valence-electron chi connectivity index (χ3n) is 4.88. The molecule has 0 bridgehead atoms. The maximum absolute atomic E-state index is 12.9. The molecule has 158 valence electrons. The first-order valence-corrected chi connectivity index (χ1v) is 10.5. The summed E-state index contributed by atoms with van der Waals surface area (Å²) in [6, 6.07) is 10.3. The van der Waals surface area contributed by atoms with Crippen LogP contribution in [0, 0.1) is 11.3 Å². The lowest BCUT2D eigenvalue weighted by molar-refractivity contribution is -0.137. The van der Waals surface area contributed by atoms with Gasteiger partial charge in [-0.05, 0) is 43.3 Å². The van der Waals surface area contributed by atoms with Crippen LogP contribution in [0.25, 0.3) is 0 Å². The summed E-state index contributed by atoms with van der Waals surface area (Å²) >= 11 is 0. The van der Waals surface area contributed by atoms with Gasteiger partial charge in [-0.3, -0.25) is 4.79 Å². The maximum atomic E-state index is 12.9. The van der Waals surface area contributed by atoms with E-state index in [4.69, 9.17) is 5.26 Å². The molecule has 0 unspecified atom stereocenters. The molecule has 0 N–H and O–H groups in total. The Morgan fingerprint density at radius 1 is 1.07 bits per heavy atom. The van der Waals surface area contributed by atoms with E-state index in [1.54, 1.807) is 17.0 Å². The van der Waals surface area contributed by atoms with Gasteiger partial charge < -0.3 is 4.90 Å². The standard InChI is InChI=1S/C20H18F3N3O3S/c1-14(27)18-6-5-15(13-24)11-19(18)25-7-9-26(10-8-25)30(28,29)17-4-2-3-16(12-17)20(21,22)23/h2-6,11-12H,7-10H2,1H3. The lowest BCUT2D eigenvalue weighted by Gasteiger charge is -2.36.